The van der Waals surface area contributed by atoms with Gasteiger partial charge in [0.2, 0.25) is 5.88 Å². The lowest BCUT2D eigenvalue weighted by molar-refractivity contribution is 0.111. The van der Waals surface area contributed by atoms with Crippen molar-refractivity contribution < 1.29 is 14.3 Å². The van der Waals surface area contributed by atoms with Gasteiger partial charge in [0, 0.05) is 56.3 Å². The Hall–Kier alpha value is -4.21. The number of aryl methyl sites for hydroxylation is 2. The number of hydrogen-bond acceptors (Lipinski definition) is 8. The van der Waals surface area contributed by atoms with Crippen LogP contribution in [0, 0.1) is 0 Å². The molecule has 0 saturated heterocycles. The maximum atomic E-state index is 11.3. The Morgan fingerprint density at radius 1 is 1.15 bits per heavy atom. The van der Waals surface area contributed by atoms with E-state index < -0.39 is 0 Å². The zero-order valence-corrected chi connectivity index (χ0v) is 18.5. The fourth-order valence-corrected chi connectivity index (χ4v) is 3.70. The second-order valence-electron chi connectivity index (χ2n) is 7.89. The van der Waals surface area contributed by atoms with Crippen molar-refractivity contribution in [2.45, 2.75) is 19.4 Å². The van der Waals surface area contributed by atoms with Gasteiger partial charge in [-0.15, -0.1) is 0 Å². The van der Waals surface area contributed by atoms with Crippen LogP contribution in [0.1, 0.15) is 23.8 Å². The molecule has 33 heavy (non-hydrogen) atoms. The Morgan fingerprint density at radius 2 is 2.03 bits per heavy atom. The molecule has 0 unspecified atom stereocenters. The number of aldehydes is 1. The van der Waals surface area contributed by atoms with Crippen LogP contribution in [0.3, 0.4) is 0 Å². The second-order valence-corrected chi connectivity index (χ2v) is 7.89. The summed E-state index contributed by atoms with van der Waals surface area (Å²) >= 11 is 0. The summed E-state index contributed by atoms with van der Waals surface area (Å²) in [4.78, 5) is 24.9. The lowest BCUT2D eigenvalue weighted by Crippen LogP contribution is -2.17. The maximum Gasteiger partial charge on any atom is 0.222 e. The smallest absolute Gasteiger partial charge is 0.222 e. The van der Waals surface area contributed by atoms with E-state index in [0.717, 1.165) is 17.4 Å². The zero-order chi connectivity index (χ0) is 22.9. The monoisotopic (exact) mass is 445 g/mol. The summed E-state index contributed by atoms with van der Waals surface area (Å²) in [5.74, 6) is 2.91. The molecule has 0 aliphatic carbocycles. The highest BCUT2D eigenvalue weighted by Gasteiger charge is 2.19. The van der Waals surface area contributed by atoms with Crippen LogP contribution in [-0.4, -0.2) is 48.3 Å². The van der Waals surface area contributed by atoms with E-state index in [9.17, 15) is 4.79 Å². The first-order valence-electron chi connectivity index (χ1n) is 10.6. The number of aromatic nitrogens is 6. The molecule has 0 radical (unpaired) electrons. The number of carbonyl (C=O) groups excluding carboxylic acids is 1. The lowest BCUT2D eigenvalue weighted by Gasteiger charge is -2.19. The summed E-state index contributed by atoms with van der Waals surface area (Å²) in [7, 11) is 3.65. The number of nitrogens with one attached hydrogen (secondary N) is 1. The van der Waals surface area contributed by atoms with E-state index in [1.54, 1.807) is 33.9 Å². The van der Waals surface area contributed by atoms with E-state index in [4.69, 9.17) is 9.47 Å². The fourth-order valence-electron chi connectivity index (χ4n) is 3.70. The summed E-state index contributed by atoms with van der Waals surface area (Å²) in [6.07, 6.45) is 8.31. The van der Waals surface area contributed by atoms with Crippen LogP contribution >= 0.6 is 0 Å². The molecule has 4 aromatic rings. The molecule has 5 heterocycles. The minimum absolute atomic E-state index is 0.137. The van der Waals surface area contributed by atoms with Gasteiger partial charge in [-0.1, -0.05) is 0 Å². The van der Waals surface area contributed by atoms with Gasteiger partial charge in [-0.25, -0.2) is 19.6 Å². The Labute approximate surface area is 190 Å². The van der Waals surface area contributed by atoms with Gasteiger partial charge in [0.1, 0.15) is 22.9 Å². The molecule has 4 bridgehead atoms. The molecule has 0 amide bonds. The summed E-state index contributed by atoms with van der Waals surface area (Å²) in [5, 5.41) is 7.53. The third kappa shape index (κ3) is 4.02. The first-order valence-corrected chi connectivity index (χ1v) is 10.6. The molecule has 1 aliphatic rings. The van der Waals surface area contributed by atoms with Crippen molar-refractivity contribution in [2.75, 3.05) is 11.9 Å². The van der Waals surface area contributed by atoms with Crippen molar-refractivity contribution in [3.63, 3.8) is 0 Å². The van der Waals surface area contributed by atoms with E-state index in [2.05, 4.69) is 25.4 Å². The number of hydrogen-bond donors (Lipinski definition) is 1. The van der Waals surface area contributed by atoms with Crippen molar-refractivity contribution in [3.05, 3.63) is 48.7 Å². The molecule has 5 rings (SSSR count). The topological polar surface area (TPSA) is 109 Å². The van der Waals surface area contributed by atoms with Crippen molar-refractivity contribution in [3.8, 4) is 34.1 Å². The molecular weight excluding hydrogens is 422 g/mol. The molecule has 0 saturated carbocycles. The predicted octanol–water partition coefficient (Wildman–Crippen LogP) is 3.38. The van der Waals surface area contributed by atoms with Gasteiger partial charge in [0.05, 0.1) is 24.6 Å². The van der Waals surface area contributed by atoms with Crippen molar-refractivity contribution in [2.24, 2.45) is 14.1 Å². The molecule has 168 valence electrons. The molecule has 10 heteroatoms. The minimum atomic E-state index is -0.137. The van der Waals surface area contributed by atoms with Crippen LogP contribution in [-0.2, 0) is 14.1 Å². The van der Waals surface area contributed by atoms with Crippen molar-refractivity contribution in [1.82, 2.24) is 29.3 Å². The van der Waals surface area contributed by atoms with Gasteiger partial charge in [-0.05, 0) is 19.1 Å². The molecule has 1 N–H and O–H groups in total. The normalized spacial score (nSPS) is 15.4. The summed E-state index contributed by atoms with van der Waals surface area (Å²) in [5.41, 5.74) is 2.93. The number of rotatable bonds is 2. The number of nitrogens with zero attached hydrogens (tertiary/aromatic N) is 6. The highest BCUT2D eigenvalue weighted by Crippen LogP contribution is 2.34. The first kappa shape index (κ1) is 20.7. The highest BCUT2D eigenvalue weighted by molar-refractivity contribution is 5.80. The van der Waals surface area contributed by atoms with Gasteiger partial charge in [0.25, 0.3) is 0 Å². The van der Waals surface area contributed by atoms with E-state index >= 15 is 0 Å². The van der Waals surface area contributed by atoms with Crippen LogP contribution in [0.2, 0.25) is 0 Å². The third-order valence-electron chi connectivity index (χ3n) is 5.47. The Balaban J connectivity index is 1.57. The molecular formula is C23H23N7O3. The predicted molar refractivity (Wildman–Crippen MR) is 122 cm³/mol. The van der Waals surface area contributed by atoms with Gasteiger partial charge in [-0.2, -0.15) is 5.10 Å². The molecule has 10 nitrogen and oxygen atoms in total. The fraction of sp³-hybridized carbons (Fsp3) is 0.261. The largest absolute Gasteiger partial charge is 0.490 e. The van der Waals surface area contributed by atoms with Gasteiger partial charge >= 0.3 is 0 Å². The van der Waals surface area contributed by atoms with E-state index in [0.29, 0.717) is 53.4 Å². The van der Waals surface area contributed by atoms with Crippen LogP contribution < -0.4 is 14.8 Å². The Kier molecular flexibility index (Phi) is 5.25. The van der Waals surface area contributed by atoms with Gasteiger partial charge < -0.3 is 19.4 Å². The summed E-state index contributed by atoms with van der Waals surface area (Å²) in [6, 6.07) is 5.42. The van der Waals surface area contributed by atoms with Crippen LogP contribution in [0.25, 0.3) is 22.5 Å². The Bertz CT molecular complexity index is 1330. The molecule has 0 spiro atoms. The average Bonchev–Trinajstić information content (AvgIpc) is 3.36. The van der Waals surface area contributed by atoms with Crippen molar-refractivity contribution >= 4 is 17.9 Å². The first-order chi connectivity index (χ1) is 16.0. The molecule has 1 aliphatic heterocycles. The standard InChI is InChI=1S/C23H23N7O3/c1-14-5-7-32-23-18(11-26-30(23)3)22-24-6-4-20(28-22)27-21-9-19(33-14)17(10-25-21)15-8-16(13-31)29(2)12-15/h4,6,8-14H,5,7H2,1-3H3,(H,24,25,27,28)/t14-/m0/s1. The zero-order valence-electron chi connectivity index (χ0n) is 18.5. The molecule has 1 atom stereocenters. The number of ether oxygens (including phenoxy) is 2. The summed E-state index contributed by atoms with van der Waals surface area (Å²) < 4.78 is 15.8. The minimum Gasteiger partial charge on any atom is -0.490 e. The van der Waals surface area contributed by atoms with Gasteiger partial charge in [0.15, 0.2) is 12.1 Å². The number of anilines is 2. The third-order valence-corrected chi connectivity index (χ3v) is 5.47. The number of pyridine rings is 1. The molecule has 0 aromatic carbocycles. The quantitative estimate of drug-likeness (QED) is 0.468. The van der Waals surface area contributed by atoms with Crippen LogP contribution in [0.4, 0.5) is 11.6 Å². The maximum absolute atomic E-state index is 11.3. The van der Waals surface area contributed by atoms with Crippen molar-refractivity contribution in [1.29, 1.82) is 0 Å². The second kappa shape index (κ2) is 8.38. The van der Waals surface area contributed by atoms with E-state index in [1.165, 1.54) is 0 Å². The van der Waals surface area contributed by atoms with E-state index in [1.807, 2.05) is 39.3 Å². The SMILES string of the molecule is C[C@H]1CCOc2c(cnn2C)-c2nccc(n2)Nc2cc(c(-c3cc(C=O)n(C)c3)cn2)O1. The Morgan fingerprint density at radius 3 is 2.85 bits per heavy atom. The number of fused-ring (bicyclic) bond motifs is 6. The lowest BCUT2D eigenvalue weighted by atomic mass is 10.1. The average molecular weight is 445 g/mol. The molecule has 4 aromatic heterocycles. The highest BCUT2D eigenvalue weighted by atomic mass is 16.5. The van der Waals surface area contributed by atoms with Crippen LogP contribution in [0.15, 0.2) is 43.0 Å². The molecule has 0 fully saturated rings. The van der Waals surface area contributed by atoms with Crippen LogP contribution in [0.5, 0.6) is 11.6 Å². The van der Waals surface area contributed by atoms with Gasteiger partial charge in [-0.3, -0.25) is 4.79 Å². The van der Waals surface area contributed by atoms with E-state index in [-0.39, 0.29) is 6.10 Å². The summed E-state index contributed by atoms with van der Waals surface area (Å²) in [6.45, 7) is 2.42. The number of carbonyl (C=O) groups is 1.